The van der Waals surface area contributed by atoms with Crippen LogP contribution in [0.5, 0.6) is 0 Å². The minimum Gasteiger partial charge on any atom is -0.311 e. The van der Waals surface area contributed by atoms with Gasteiger partial charge in [-0.15, -0.1) is 0 Å². The molecule has 3 nitrogen and oxygen atoms in total. The summed E-state index contributed by atoms with van der Waals surface area (Å²) in [5, 5.41) is 3.64. The van der Waals surface area contributed by atoms with Crippen molar-refractivity contribution in [3.8, 4) is 0 Å². The first-order valence-corrected chi connectivity index (χ1v) is 8.35. The second kappa shape index (κ2) is 4.65. The molecule has 1 heterocycles. The van der Waals surface area contributed by atoms with Crippen molar-refractivity contribution in [1.29, 1.82) is 0 Å². The number of rotatable bonds is 6. The van der Waals surface area contributed by atoms with E-state index in [0.29, 0.717) is 11.3 Å². The smallest absolute Gasteiger partial charge is 0.150 e. The van der Waals surface area contributed by atoms with Crippen LogP contribution >= 0.6 is 0 Å². The summed E-state index contributed by atoms with van der Waals surface area (Å²) in [5.41, 5.74) is 0.309. The topological polar surface area (TPSA) is 46.2 Å². The fourth-order valence-electron chi connectivity index (χ4n) is 2.98. The van der Waals surface area contributed by atoms with Crippen molar-refractivity contribution < 1.29 is 8.42 Å². The molecule has 94 valence electrons. The molecule has 2 rings (SSSR count). The Kier molecular flexibility index (Phi) is 3.59. The number of nitrogens with one attached hydrogen (secondary N) is 1. The molecule has 1 aliphatic carbocycles. The van der Waals surface area contributed by atoms with E-state index in [1.807, 2.05) is 0 Å². The van der Waals surface area contributed by atoms with Crippen LogP contribution in [0.1, 0.15) is 45.4 Å². The Hall–Kier alpha value is -0.0900. The van der Waals surface area contributed by atoms with Crippen LogP contribution in [0.25, 0.3) is 0 Å². The van der Waals surface area contributed by atoms with Gasteiger partial charge in [0.1, 0.15) is 9.84 Å². The summed E-state index contributed by atoms with van der Waals surface area (Å²) in [4.78, 5) is 0. The van der Waals surface area contributed by atoms with Gasteiger partial charge in [0.25, 0.3) is 0 Å². The maximum absolute atomic E-state index is 11.4. The van der Waals surface area contributed by atoms with E-state index in [9.17, 15) is 8.42 Å². The van der Waals surface area contributed by atoms with Gasteiger partial charge in [-0.25, -0.2) is 8.42 Å². The van der Waals surface area contributed by atoms with E-state index >= 15 is 0 Å². The fraction of sp³-hybridized carbons (Fsp3) is 1.00. The number of hydrogen-bond acceptors (Lipinski definition) is 3. The second-order valence-electron chi connectivity index (χ2n) is 5.30. The fourth-order valence-corrected chi connectivity index (χ4v) is 3.86. The minimum atomic E-state index is -2.77. The molecular weight excluding hydrogens is 222 g/mol. The monoisotopic (exact) mass is 245 g/mol. The van der Waals surface area contributed by atoms with Gasteiger partial charge >= 0.3 is 0 Å². The molecule has 0 aromatic rings. The zero-order valence-corrected chi connectivity index (χ0v) is 11.0. The molecule has 2 aliphatic rings. The highest BCUT2D eigenvalue weighted by Crippen LogP contribution is 2.46. The molecule has 1 aliphatic heterocycles. The lowest BCUT2D eigenvalue weighted by molar-refractivity contribution is 0.299. The van der Waals surface area contributed by atoms with E-state index in [0.717, 1.165) is 25.3 Å². The van der Waals surface area contributed by atoms with Gasteiger partial charge in [0, 0.05) is 11.3 Å². The highest BCUT2D eigenvalue weighted by molar-refractivity contribution is 7.91. The molecule has 16 heavy (non-hydrogen) atoms. The summed E-state index contributed by atoms with van der Waals surface area (Å²) in [6.07, 6.45) is 7.08. The van der Waals surface area contributed by atoms with Gasteiger partial charge < -0.3 is 5.32 Å². The lowest BCUT2D eigenvalue weighted by Gasteiger charge is -2.29. The van der Waals surface area contributed by atoms with Crippen LogP contribution < -0.4 is 5.32 Å². The quantitative estimate of drug-likeness (QED) is 0.775. The zero-order valence-electron chi connectivity index (χ0n) is 10.2. The molecule has 0 aromatic heterocycles. The molecule has 0 spiro atoms. The van der Waals surface area contributed by atoms with Gasteiger partial charge in [-0.2, -0.15) is 0 Å². The molecule has 2 fully saturated rings. The molecule has 4 heteroatoms. The van der Waals surface area contributed by atoms with Crippen molar-refractivity contribution in [2.24, 2.45) is 5.92 Å². The third-order valence-corrected chi connectivity index (χ3v) is 5.94. The highest BCUT2D eigenvalue weighted by Gasteiger charge is 2.45. The molecular formula is C12H23NO2S. The van der Waals surface area contributed by atoms with Crippen molar-refractivity contribution >= 4 is 9.84 Å². The maximum Gasteiger partial charge on any atom is 0.150 e. The molecule has 0 radical (unpaired) electrons. The lowest BCUT2D eigenvalue weighted by Crippen LogP contribution is -2.42. The molecule has 0 amide bonds. The van der Waals surface area contributed by atoms with E-state index in [2.05, 4.69) is 5.32 Å². The first-order chi connectivity index (χ1) is 7.58. The summed E-state index contributed by atoms with van der Waals surface area (Å²) in [7, 11) is -2.77. The van der Waals surface area contributed by atoms with E-state index in [1.54, 1.807) is 6.92 Å². The molecule has 0 aromatic carbocycles. The molecule has 1 saturated heterocycles. The Morgan fingerprint density at radius 2 is 2.12 bits per heavy atom. The molecule has 1 N–H and O–H groups in total. The summed E-state index contributed by atoms with van der Waals surface area (Å²) >= 11 is 0. The van der Waals surface area contributed by atoms with Gasteiger partial charge in [0.2, 0.25) is 0 Å². The zero-order chi connectivity index (χ0) is 11.6. The largest absolute Gasteiger partial charge is 0.311 e. The first kappa shape index (κ1) is 12.4. The van der Waals surface area contributed by atoms with Crippen molar-refractivity contribution in [3.05, 3.63) is 0 Å². The Bertz CT molecular complexity index is 327. The van der Waals surface area contributed by atoms with Crippen LogP contribution in [0.3, 0.4) is 0 Å². The van der Waals surface area contributed by atoms with Crippen LogP contribution in [0.15, 0.2) is 0 Å². The molecule has 1 unspecified atom stereocenters. The predicted octanol–water partition coefficient (Wildman–Crippen LogP) is 1.73. The van der Waals surface area contributed by atoms with Crippen molar-refractivity contribution in [2.75, 3.05) is 18.1 Å². The Morgan fingerprint density at radius 1 is 1.38 bits per heavy atom. The van der Waals surface area contributed by atoms with Gasteiger partial charge in [0.15, 0.2) is 0 Å². The summed E-state index contributed by atoms with van der Waals surface area (Å²) in [5.74, 6) is 1.50. The van der Waals surface area contributed by atoms with Crippen LogP contribution in [0.2, 0.25) is 0 Å². The highest BCUT2D eigenvalue weighted by atomic mass is 32.2. The first-order valence-electron chi connectivity index (χ1n) is 6.53. The van der Waals surface area contributed by atoms with Gasteiger partial charge in [0.05, 0.1) is 5.75 Å². The third-order valence-electron chi connectivity index (χ3n) is 4.15. The number of hydrogen-bond donors (Lipinski definition) is 1. The standard InChI is InChI=1S/C12H23NO2S/c1-2-16(14,15)10-4-8-12(11-5-6-11)7-3-9-13-12/h11,13H,2-10H2,1H3. The average molecular weight is 245 g/mol. The van der Waals surface area contributed by atoms with E-state index in [1.165, 1.54) is 25.7 Å². The Labute approximate surface area is 98.9 Å². The Balaban J connectivity index is 1.83. The summed E-state index contributed by atoms with van der Waals surface area (Å²) in [6.45, 7) is 2.86. The second-order valence-corrected chi connectivity index (χ2v) is 7.77. The van der Waals surface area contributed by atoms with E-state index in [4.69, 9.17) is 0 Å². The van der Waals surface area contributed by atoms with Gasteiger partial charge in [-0.3, -0.25) is 0 Å². The molecule has 1 atom stereocenters. The van der Waals surface area contributed by atoms with Crippen molar-refractivity contribution in [2.45, 2.75) is 51.0 Å². The Morgan fingerprint density at radius 3 is 2.62 bits per heavy atom. The maximum atomic E-state index is 11.4. The third kappa shape index (κ3) is 2.77. The lowest BCUT2D eigenvalue weighted by atomic mass is 9.87. The normalized spacial score (nSPS) is 30.8. The van der Waals surface area contributed by atoms with Crippen molar-refractivity contribution in [3.63, 3.8) is 0 Å². The molecule has 0 bridgehead atoms. The van der Waals surface area contributed by atoms with E-state index in [-0.39, 0.29) is 5.75 Å². The summed E-state index contributed by atoms with van der Waals surface area (Å²) in [6, 6.07) is 0. The van der Waals surface area contributed by atoms with Crippen LogP contribution in [0.4, 0.5) is 0 Å². The van der Waals surface area contributed by atoms with Crippen LogP contribution in [-0.2, 0) is 9.84 Å². The van der Waals surface area contributed by atoms with Gasteiger partial charge in [-0.1, -0.05) is 6.92 Å². The molecule has 1 saturated carbocycles. The SMILES string of the molecule is CCS(=O)(=O)CCCC1(C2CC2)CCCN1. The predicted molar refractivity (Wildman–Crippen MR) is 66.3 cm³/mol. The van der Waals surface area contributed by atoms with Crippen LogP contribution in [-0.4, -0.2) is 32.0 Å². The average Bonchev–Trinajstić information content (AvgIpc) is 3.01. The van der Waals surface area contributed by atoms with Crippen LogP contribution in [0, 0.1) is 5.92 Å². The van der Waals surface area contributed by atoms with Crippen molar-refractivity contribution in [1.82, 2.24) is 5.32 Å². The van der Waals surface area contributed by atoms with Gasteiger partial charge in [-0.05, 0) is 51.0 Å². The number of sulfone groups is 1. The minimum absolute atomic E-state index is 0.289. The summed E-state index contributed by atoms with van der Waals surface area (Å²) < 4.78 is 22.9. The van der Waals surface area contributed by atoms with E-state index < -0.39 is 9.84 Å².